The van der Waals surface area contributed by atoms with Gasteiger partial charge in [0.2, 0.25) is 5.91 Å². The van der Waals surface area contributed by atoms with Gasteiger partial charge in [0.25, 0.3) is 0 Å². The highest BCUT2D eigenvalue weighted by Crippen LogP contribution is 2.32. The third-order valence-electron chi connectivity index (χ3n) is 6.67. The van der Waals surface area contributed by atoms with Crippen LogP contribution in [-0.2, 0) is 18.3 Å². The summed E-state index contributed by atoms with van der Waals surface area (Å²) in [6.45, 7) is 0. The first kappa shape index (κ1) is 24.2. The number of nitrogens with one attached hydrogen (secondary N) is 2. The minimum Gasteiger partial charge on any atom is -0.497 e. The van der Waals surface area contributed by atoms with E-state index in [9.17, 15) is 4.79 Å². The lowest BCUT2D eigenvalue weighted by Gasteiger charge is -2.19. The number of fused-ring (bicyclic) bond motifs is 1. The monoisotopic (exact) mass is 494 g/mol. The van der Waals surface area contributed by atoms with Gasteiger partial charge in [-0.15, -0.1) is 0 Å². The number of ether oxygens (including phenoxy) is 2. The van der Waals surface area contributed by atoms with E-state index < -0.39 is 0 Å². The standard InChI is InChI=1S/C30H30N4O3/c1-34-19-18-31-30(34)29(21-10-14-23(37-3)15-11-21)33-27(35)17-16-25-24-6-4-5-7-26(24)32-28(25)20-8-12-22(36-2)13-9-20/h4-15,18-19,29,32H,16-17H2,1-3H3,(H,33,35)/t29-/m1/s1. The highest BCUT2D eigenvalue weighted by Gasteiger charge is 2.22. The summed E-state index contributed by atoms with van der Waals surface area (Å²) < 4.78 is 12.6. The van der Waals surface area contributed by atoms with Crippen molar-refractivity contribution in [2.45, 2.75) is 18.9 Å². The molecule has 0 saturated carbocycles. The number of rotatable bonds is 9. The summed E-state index contributed by atoms with van der Waals surface area (Å²) in [5.74, 6) is 2.29. The van der Waals surface area contributed by atoms with E-state index in [1.807, 2.05) is 78.5 Å². The molecule has 37 heavy (non-hydrogen) atoms. The van der Waals surface area contributed by atoms with Gasteiger partial charge in [0.15, 0.2) is 0 Å². The lowest BCUT2D eigenvalue weighted by Crippen LogP contribution is -2.31. The molecule has 0 fully saturated rings. The van der Waals surface area contributed by atoms with E-state index >= 15 is 0 Å². The topological polar surface area (TPSA) is 81.2 Å². The molecule has 5 rings (SSSR count). The Labute approximate surface area is 216 Å². The minimum absolute atomic E-state index is 0.0465. The zero-order valence-electron chi connectivity index (χ0n) is 21.2. The number of benzene rings is 3. The van der Waals surface area contributed by atoms with Gasteiger partial charge in [-0.3, -0.25) is 4.79 Å². The fourth-order valence-electron chi connectivity index (χ4n) is 4.68. The molecular weight excluding hydrogens is 464 g/mol. The van der Waals surface area contributed by atoms with Crippen LogP contribution in [0.15, 0.2) is 85.2 Å². The van der Waals surface area contributed by atoms with E-state index in [1.165, 1.54) is 0 Å². The summed E-state index contributed by atoms with van der Waals surface area (Å²) in [5.41, 5.74) is 5.18. The number of hydrogen-bond acceptors (Lipinski definition) is 4. The average Bonchev–Trinajstić information content (AvgIpc) is 3.54. The number of aryl methyl sites for hydroxylation is 2. The van der Waals surface area contributed by atoms with Gasteiger partial charge in [0, 0.05) is 42.5 Å². The van der Waals surface area contributed by atoms with Crippen LogP contribution >= 0.6 is 0 Å². The van der Waals surface area contributed by atoms with Gasteiger partial charge in [-0.05, 0) is 65.6 Å². The summed E-state index contributed by atoms with van der Waals surface area (Å²) >= 11 is 0. The van der Waals surface area contributed by atoms with Crippen molar-refractivity contribution in [3.63, 3.8) is 0 Å². The summed E-state index contributed by atoms with van der Waals surface area (Å²) in [5, 5.41) is 4.33. The van der Waals surface area contributed by atoms with E-state index in [4.69, 9.17) is 9.47 Å². The first-order chi connectivity index (χ1) is 18.1. The number of nitrogens with zero attached hydrogens (tertiary/aromatic N) is 2. The normalized spacial score (nSPS) is 11.9. The number of aromatic amines is 1. The molecule has 0 saturated heterocycles. The van der Waals surface area contributed by atoms with Crippen molar-refractivity contribution in [3.05, 3.63) is 102 Å². The molecule has 0 radical (unpaired) electrons. The number of H-pyrrole nitrogens is 1. The third-order valence-corrected chi connectivity index (χ3v) is 6.67. The third kappa shape index (κ3) is 5.07. The van der Waals surface area contributed by atoms with Gasteiger partial charge in [0.1, 0.15) is 23.4 Å². The fraction of sp³-hybridized carbons (Fsp3) is 0.200. The summed E-state index contributed by atoms with van der Waals surface area (Å²) in [7, 11) is 5.22. The van der Waals surface area contributed by atoms with Crippen molar-refractivity contribution in [3.8, 4) is 22.8 Å². The lowest BCUT2D eigenvalue weighted by atomic mass is 10.0. The maximum Gasteiger partial charge on any atom is 0.221 e. The molecule has 2 aromatic heterocycles. The van der Waals surface area contributed by atoms with Crippen LogP contribution in [0.25, 0.3) is 22.2 Å². The first-order valence-corrected chi connectivity index (χ1v) is 12.2. The summed E-state index contributed by atoms with van der Waals surface area (Å²) in [6, 6.07) is 23.5. The Kier molecular flexibility index (Phi) is 6.94. The van der Waals surface area contributed by atoms with Crippen LogP contribution in [0.4, 0.5) is 0 Å². The first-order valence-electron chi connectivity index (χ1n) is 12.2. The van der Waals surface area contributed by atoms with Crippen LogP contribution in [0, 0.1) is 0 Å². The minimum atomic E-state index is -0.373. The Morgan fingerprint density at radius 3 is 2.30 bits per heavy atom. The van der Waals surface area contributed by atoms with E-state index in [2.05, 4.69) is 27.4 Å². The van der Waals surface area contributed by atoms with E-state index in [0.29, 0.717) is 12.8 Å². The molecule has 2 heterocycles. The number of amides is 1. The van der Waals surface area contributed by atoms with E-state index in [-0.39, 0.29) is 11.9 Å². The molecule has 7 heteroatoms. The molecule has 1 amide bonds. The number of para-hydroxylation sites is 1. The van der Waals surface area contributed by atoms with Gasteiger partial charge < -0.3 is 24.3 Å². The number of methoxy groups -OCH3 is 2. The molecule has 3 aromatic carbocycles. The second-order valence-corrected chi connectivity index (χ2v) is 8.92. The maximum absolute atomic E-state index is 13.3. The summed E-state index contributed by atoms with van der Waals surface area (Å²) in [4.78, 5) is 21.4. The van der Waals surface area contributed by atoms with Crippen LogP contribution in [0.5, 0.6) is 11.5 Å². The van der Waals surface area contributed by atoms with Crippen molar-refractivity contribution in [1.29, 1.82) is 0 Å². The van der Waals surface area contributed by atoms with Crippen molar-refractivity contribution < 1.29 is 14.3 Å². The van der Waals surface area contributed by atoms with Crippen molar-refractivity contribution in [2.75, 3.05) is 14.2 Å². The largest absolute Gasteiger partial charge is 0.497 e. The number of carbonyl (C=O) groups is 1. The molecule has 2 N–H and O–H groups in total. The number of carbonyl (C=O) groups excluding carboxylic acids is 1. The zero-order chi connectivity index (χ0) is 25.8. The Morgan fingerprint density at radius 2 is 1.65 bits per heavy atom. The SMILES string of the molecule is COc1ccc(-c2[nH]c3ccccc3c2CCC(=O)N[C@H](c2ccc(OC)cc2)c2nccn2C)cc1. The number of aromatic nitrogens is 3. The highest BCUT2D eigenvalue weighted by atomic mass is 16.5. The molecule has 0 unspecified atom stereocenters. The molecule has 0 aliphatic heterocycles. The van der Waals surface area contributed by atoms with Gasteiger partial charge in [-0.2, -0.15) is 0 Å². The molecule has 7 nitrogen and oxygen atoms in total. The average molecular weight is 495 g/mol. The smallest absolute Gasteiger partial charge is 0.221 e. The number of hydrogen-bond donors (Lipinski definition) is 2. The van der Waals surface area contributed by atoms with Crippen LogP contribution < -0.4 is 14.8 Å². The van der Waals surface area contributed by atoms with Crippen molar-refractivity contribution >= 4 is 16.8 Å². The highest BCUT2D eigenvalue weighted by molar-refractivity contribution is 5.91. The Balaban J connectivity index is 1.40. The van der Waals surface area contributed by atoms with E-state index in [1.54, 1.807) is 20.4 Å². The second kappa shape index (κ2) is 10.6. The van der Waals surface area contributed by atoms with Gasteiger partial charge in [-0.25, -0.2) is 4.98 Å². The zero-order valence-corrected chi connectivity index (χ0v) is 21.2. The van der Waals surface area contributed by atoms with Crippen molar-refractivity contribution in [2.24, 2.45) is 7.05 Å². The molecule has 0 aliphatic rings. The van der Waals surface area contributed by atoms with Crippen LogP contribution in [0.1, 0.15) is 29.4 Å². The van der Waals surface area contributed by atoms with Crippen molar-refractivity contribution in [1.82, 2.24) is 19.9 Å². The molecule has 1 atom stereocenters. The Hall–Kier alpha value is -4.52. The van der Waals surface area contributed by atoms with Crippen LogP contribution in [-0.4, -0.2) is 34.7 Å². The van der Waals surface area contributed by atoms with Crippen LogP contribution in [0.2, 0.25) is 0 Å². The van der Waals surface area contributed by atoms with Crippen LogP contribution in [0.3, 0.4) is 0 Å². The molecule has 0 spiro atoms. The Bertz CT molecular complexity index is 1500. The van der Waals surface area contributed by atoms with Gasteiger partial charge >= 0.3 is 0 Å². The number of imidazole rings is 1. The second-order valence-electron chi connectivity index (χ2n) is 8.92. The molecule has 188 valence electrons. The Morgan fingerprint density at radius 1 is 0.973 bits per heavy atom. The van der Waals surface area contributed by atoms with Gasteiger partial charge in [-0.1, -0.05) is 30.3 Å². The quantitative estimate of drug-likeness (QED) is 0.287. The summed E-state index contributed by atoms with van der Waals surface area (Å²) in [6.07, 6.45) is 4.55. The molecule has 0 aliphatic carbocycles. The maximum atomic E-state index is 13.3. The molecule has 0 bridgehead atoms. The van der Waals surface area contributed by atoms with Gasteiger partial charge in [0.05, 0.1) is 14.2 Å². The molecule has 5 aromatic rings. The fourth-order valence-corrected chi connectivity index (χ4v) is 4.68. The van der Waals surface area contributed by atoms with E-state index in [0.717, 1.165) is 50.6 Å². The predicted octanol–water partition coefficient (Wildman–Crippen LogP) is 5.42. The lowest BCUT2D eigenvalue weighted by molar-refractivity contribution is -0.121. The predicted molar refractivity (Wildman–Crippen MR) is 145 cm³/mol. The molecular formula is C30H30N4O3.